The molecule has 0 aromatic heterocycles. The van der Waals surface area contributed by atoms with E-state index in [0.717, 1.165) is 12.8 Å². The van der Waals surface area contributed by atoms with Gasteiger partial charge in [-0.15, -0.1) is 0 Å². The third kappa shape index (κ3) is 6.26. The molecule has 0 aliphatic rings. The van der Waals surface area contributed by atoms with Crippen molar-refractivity contribution in [1.82, 2.24) is 10.6 Å². The molecule has 0 radical (unpaired) electrons. The smallest absolute Gasteiger partial charge is 0.251 e. The summed E-state index contributed by atoms with van der Waals surface area (Å²) in [6.45, 7) is 8.38. The van der Waals surface area contributed by atoms with Crippen molar-refractivity contribution in [3.05, 3.63) is 29.8 Å². The van der Waals surface area contributed by atoms with Crippen molar-refractivity contribution in [2.24, 2.45) is 0 Å². The zero-order chi connectivity index (χ0) is 16.5. The molecule has 2 atom stereocenters. The van der Waals surface area contributed by atoms with E-state index in [2.05, 4.69) is 22.9 Å². The van der Waals surface area contributed by atoms with Crippen LogP contribution in [0.2, 0.25) is 0 Å². The van der Waals surface area contributed by atoms with Crippen molar-refractivity contribution >= 4 is 17.5 Å². The Morgan fingerprint density at radius 1 is 1.00 bits per heavy atom. The fourth-order valence-electron chi connectivity index (χ4n) is 1.73. The Hall–Kier alpha value is -1.88. The van der Waals surface area contributed by atoms with E-state index in [0.29, 0.717) is 17.3 Å². The number of rotatable bonds is 8. The van der Waals surface area contributed by atoms with Gasteiger partial charge in [0.15, 0.2) is 0 Å². The Balaban J connectivity index is 2.51. The van der Waals surface area contributed by atoms with Crippen LogP contribution >= 0.6 is 0 Å². The van der Waals surface area contributed by atoms with Crippen LogP contribution in [0.3, 0.4) is 0 Å². The zero-order valence-corrected chi connectivity index (χ0v) is 13.9. The lowest BCUT2D eigenvalue weighted by molar-refractivity contribution is -0.115. The molecule has 0 aliphatic carbocycles. The van der Waals surface area contributed by atoms with Gasteiger partial charge in [-0.2, -0.15) is 0 Å². The van der Waals surface area contributed by atoms with E-state index in [-0.39, 0.29) is 24.4 Å². The molecule has 0 fully saturated rings. The summed E-state index contributed by atoms with van der Waals surface area (Å²) >= 11 is 0. The lowest BCUT2D eigenvalue weighted by Gasteiger charge is -2.13. The molecule has 22 heavy (non-hydrogen) atoms. The fraction of sp³-hybridized carbons (Fsp3) is 0.529. The molecule has 0 spiro atoms. The molecule has 0 saturated carbocycles. The van der Waals surface area contributed by atoms with Gasteiger partial charge < -0.3 is 16.0 Å². The quantitative estimate of drug-likeness (QED) is 0.691. The maximum atomic E-state index is 11.9. The van der Waals surface area contributed by atoms with Crippen molar-refractivity contribution < 1.29 is 9.59 Å². The predicted molar refractivity (Wildman–Crippen MR) is 90.0 cm³/mol. The summed E-state index contributed by atoms with van der Waals surface area (Å²) in [6, 6.07) is 7.39. The fourth-order valence-corrected chi connectivity index (χ4v) is 1.73. The third-order valence-corrected chi connectivity index (χ3v) is 3.64. The maximum Gasteiger partial charge on any atom is 0.251 e. The molecule has 3 N–H and O–H groups in total. The largest absolute Gasteiger partial charge is 0.350 e. The van der Waals surface area contributed by atoms with Crippen LogP contribution in [0, 0.1) is 0 Å². The van der Waals surface area contributed by atoms with Crippen molar-refractivity contribution in [2.45, 2.75) is 52.6 Å². The Labute approximate surface area is 132 Å². The number of carbonyl (C=O) groups is 2. The average molecular weight is 305 g/mol. The van der Waals surface area contributed by atoms with E-state index >= 15 is 0 Å². The van der Waals surface area contributed by atoms with Gasteiger partial charge >= 0.3 is 0 Å². The normalized spacial score (nSPS) is 13.3. The first-order valence-corrected chi connectivity index (χ1v) is 7.90. The van der Waals surface area contributed by atoms with Gasteiger partial charge in [0.25, 0.3) is 5.91 Å². The van der Waals surface area contributed by atoms with E-state index in [1.54, 1.807) is 24.3 Å². The van der Waals surface area contributed by atoms with Crippen LogP contribution < -0.4 is 16.0 Å². The van der Waals surface area contributed by atoms with Gasteiger partial charge in [-0.25, -0.2) is 0 Å². The van der Waals surface area contributed by atoms with Crippen LogP contribution in [-0.2, 0) is 4.79 Å². The molecular formula is C17H27N3O2. The summed E-state index contributed by atoms with van der Waals surface area (Å²) in [4.78, 5) is 23.7. The summed E-state index contributed by atoms with van der Waals surface area (Å²) in [5, 5.41) is 8.85. The van der Waals surface area contributed by atoms with Gasteiger partial charge in [0.1, 0.15) is 0 Å². The minimum atomic E-state index is -0.0920. The average Bonchev–Trinajstić information content (AvgIpc) is 2.52. The summed E-state index contributed by atoms with van der Waals surface area (Å²) in [5.74, 6) is -0.178. The molecule has 1 aromatic carbocycles. The zero-order valence-electron chi connectivity index (χ0n) is 13.9. The number of carbonyl (C=O) groups excluding carboxylic acids is 2. The SMILES string of the molecule is CCC(C)NCC(=O)Nc1ccc(C(=O)NC(C)CC)cc1. The molecule has 0 aliphatic heterocycles. The number of amides is 2. The maximum absolute atomic E-state index is 11.9. The standard InChI is InChI=1S/C17H27N3O2/c1-5-12(3)18-11-16(21)20-15-9-7-14(8-10-15)17(22)19-13(4)6-2/h7-10,12-13,18H,5-6,11H2,1-4H3,(H,19,22)(H,20,21). The van der Waals surface area contributed by atoms with Crippen molar-refractivity contribution in [3.8, 4) is 0 Å². The van der Waals surface area contributed by atoms with Crippen LogP contribution in [0.1, 0.15) is 50.9 Å². The number of benzene rings is 1. The summed E-state index contributed by atoms with van der Waals surface area (Å²) in [5.41, 5.74) is 1.28. The summed E-state index contributed by atoms with van der Waals surface area (Å²) in [7, 11) is 0. The lowest BCUT2D eigenvalue weighted by atomic mass is 10.1. The van der Waals surface area contributed by atoms with Crippen LogP contribution in [0.15, 0.2) is 24.3 Å². The second kappa shape index (κ2) is 9.20. The molecule has 2 unspecified atom stereocenters. The molecular weight excluding hydrogens is 278 g/mol. The molecule has 0 heterocycles. The molecule has 0 bridgehead atoms. The van der Waals surface area contributed by atoms with Gasteiger partial charge in [0.2, 0.25) is 5.91 Å². The van der Waals surface area contributed by atoms with Crippen LogP contribution in [-0.4, -0.2) is 30.4 Å². The first kappa shape index (κ1) is 18.2. The monoisotopic (exact) mass is 305 g/mol. The highest BCUT2D eigenvalue weighted by Gasteiger charge is 2.09. The van der Waals surface area contributed by atoms with Crippen LogP contribution in [0.4, 0.5) is 5.69 Å². The molecule has 5 heteroatoms. The first-order chi connectivity index (χ1) is 10.5. The van der Waals surface area contributed by atoms with Crippen LogP contribution in [0.5, 0.6) is 0 Å². The molecule has 0 saturated heterocycles. The Kier molecular flexibility index (Phi) is 7.60. The van der Waals surface area contributed by atoms with E-state index in [1.165, 1.54) is 0 Å². The number of hydrogen-bond acceptors (Lipinski definition) is 3. The van der Waals surface area contributed by atoms with Crippen molar-refractivity contribution in [2.75, 3.05) is 11.9 Å². The summed E-state index contributed by atoms with van der Waals surface area (Å²) < 4.78 is 0. The van der Waals surface area contributed by atoms with E-state index < -0.39 is 0 Å². The summed E-state index contributed by atoms with van der Waals surface area (Å²) in [6.07, 6.45) is 1.87. The van der Waals surface area contributed by atoms with Gasteiger partial charge in [-0.3, -0.25) is 9.59 Å². The first-order valence-electron chi connectivity index (χ1n) is 7.90. The Morgan fingerprint density at radius 2 is 1.59 bits per heavy atom. The lowest BCUT2D eigenvalue weighted by Crippen LogP contribution is -2.34. The second-order valence-corrected chi connectivity index (χ2v) is 5.60. The molecule has 5 nitrogen and oxygen atoms in total. The van der Waals surface area contributed by atoms with Crippen molar-refractivity contribution in [1.29, 1.82) is 0 Å². The van der Waals surface area contributed by atoms with Gasteiger partial charge in [0.05, 0.1) is 6.54 Å². The van der Waals surface area contributed by atoms with E-state index in [1.807, 2.05) is 20.8 Å². The minimum Gasteiger partial charge on any atom is -0.350 e. The predicted octanol–water partition coefficient (Wildman–Crippen LogP) is 2.54. The van der Waals surface area contributed by atoms with Crippen LogP contribution in [0.25, 0.3) is 0 Å². The molecule has 1 rings (SSSR count). The topological polar surface area (TPSA) is 70.2 Å². The number of hydrogen-bond donors (Lipinski definition) is 3. The molecule has 1 aromatic rings. The molecule has 122 valence electrons. The third-order valence-electron chi connectivity index (χ3n) is 3.64. The highest BCUT2D eigenvalue weighted by Crippen LogP contribution is 2.10. The van der Waals surface area contributed by atoms with Crippen molar-refractivity contribution in [3.63, 3.8) is 0 Å². The Morgan fingerprint density at radius 3 is 2.14 bits per heavy atom. The van der Waals surface area contributed by atoms with Gasteiger partial charge in [-0.05, 0) is 51.0 Å². The highest BCUT2D eigenvalue weighted by molar-refractivity contribution is 5.96. The van der Waals surface area contributed by atoms with E-state index in [9.17, 15) is 9.59 Å². The van der Waals surface area contributed by atoms with E-state index in [4.69, 9.17) is 0 Å². The molecule has 2 amide bonds. The highest BCUT2D eigenvalue weighted by atomic mass is 16.2. The number of nitrogens with one attached hydrogen (secondary N) is 3. The Bertz CT molecular complexity index is 485. The van der Waals surface area contributed by atoms with Gasteiger partial charge in [0, 0.05) is 23.3 Å². The second-order valence-electron chi connectivity index (χ2n) is 5.60. The van der Waals surface area contributed by atoms with Gasteiger partial charge in [-0.1, -0.05) is 13.8 Å². The minimum absolute atomic E-state index is 0.0860. The number of anilines is 1.